The van der Waals surface area contributed by atoms with E-state index in [1.807, 2.05) is 0 Å². The minimum atomic E-state index is -5.26. The summed E-state index contributed by atoms with van der Waals surface area (Å²) in [6, 6.07) is 13.7. The van der Waals surface area contributed by atoms with Crippen molar-refractivity contribution >= 4 is 5.83 Å². The minimum Gasteiger partial charge on any atom is -0.209 e. The molecule has 0 nitrogen and oxygen atoms in total. The van der Waals surface area contributed by atoms with E-state index in [9.17, 15) is 39.5 Å². The van der Waals surface area contributed by atoms with Crippen LogP contribution in [-0.4, -0.2) is 0 Å². The normalized spacial score (nSPS) is 12.5. The molecule has 0 amide bonds. The van der Waals surface area contributed by atoms with Crippen molar-refractivity contribution in [2.45, 2.75) is 19.5 Å². The standard InChI is InChI=1S/C29H17F9/c1-2-22(30)28(35)16-5-3-15(4-6-16)17-7-9-20(23(31)11-17)18-8-10-21(24(32)12-18)19-13-25(33)27(26(34)14-19)29(36,37)38/h3-14H,2H2,1H3/b28-22+. The van der Waals surface area contributed by atoms with Gasteiger partial charge in [-0.3, -0.25) is 0 Å². The molecule has 0 radical (unpaired) electrons. The number of halogens is 9. The zero-order chi connectivity index (χ0) is 27.8. The maximum Gasteiger partial charge on any atom is 0.422 e. The molecule has 0 aliphatic heterocycles. The Morgan fingerprint density at radius 2 is 1.03 bits per heavy atom. The summed E-state index contributed by atoms with van der Waals surface area (Å²) in [6.07, 6.45) is -5.36. The molecule has 38 heavy (non-hydrogen) atoms. The Hall–Kier alpha value is -4.01. The summed E-state index contributed by atoms with van der Waals surface area (Å²) in [5.41, 5.74) is -1.90. The molecule has 4 aromatic rings. The molecular formula is C29H17F9. The molecule has 9 heteroatoms. The molecule has 196 valence electrons. The first-order valence-electron chi connectivity index (χ1n) is 11.2. The van der Waals surface area contributed by atoms with Crippen LogP contribution in [0.25, 0.3) is 39.2 Å². The molecule has 0 aromatic heterocycles. The summed E-state index contributed by atoms with van der Waals surface area (Å²) in [6.45, 7) is 1.47. The first-order chi connectivity index (χ1) is 17.9. The van der Waals surface area contributed by atoms with Gasteiger partial charge in [-0.1, -0.05) is 55.5 Å². The Balaban J connectivity index is 1.63. The van der Waals surface area contributed by atoms with Crippen LogP contribution in [0.4, 0.5) is 39.5 Å². The summed E-state index contributed by atoms with van der Waals surface area (Å²) >= 11 is 0. The monoisotopic (exact) mass is 536 g/mol. The third-order valence-electron chi connectivity index (χ3n) is 5.91. The molecule has 0 saturated carbocycles. The first-order valence-corrected chi connectivity index (χ1v) is 11.2. The largest absolute Gasteiger partial charge is 0.422 e. The van der Waals surface area contributed by atoms with Gasteiger partial charge in [0.2, 0.25) is 0 Å². The fourth-order valence-corrected chi connectivity index (χ4v) is 3.97. The Labute approximate surface area is 211 Å². The molecule has 0 saturated heterocycles. The average Bonchev–Trinajstić information content (AvgIpc) is 2.86. The van der Waals surface area contributed by atoms with E-state index < -0.39 is 52.2 Å². The van der Waals surface area contributed by atoms with Crippen LogP contribution in [0.2, 0.25) is 0 Å². The van der Waals surface area contributed by atoms with E-state index in [0.717, 1.165) is 18.2 Å². The van der Waals surface area contributed by atoms with Crippen LogP contribution < -0.4 is 0 Å². The highest BCUT2D eigenvalue weighted by Gasteiger charge is 2.38. The highest BCUT2D eigenvalue weighted by atomic mass is 19.4. The first kappa shape index (κ1) is 27.0. The molecular weight excluding hydrogens is 519 g/mol. The predicted molar refractivity (Wildman–Crippen MR) is 127 cm³/mol. The van der Waals surface area contributed by atoms with E-state index in [1.54, 1.807) is 0 Å². The molecule has 0 aliphatic rings. The second-order valence-corrected chi connectivity index (χ2v) is 8.35. The van der Waals surface area contributed by atoms with Crippen LogP contribution in [0.15, 0.2) is 78.6 Å². The van der Waals surface area contributed by atoms with Gasteiger partial charge in [-0.05, 0) is 52.9 Å². The Morgan fingerprint density at radius 1 is 0.579 bits per heavy atom. The van der Waals surface area contributed by atoms with Crippen molar-refractivity contribution in [3.63, 3.8) is 0 Å². The van der Waals surface area contributed by atoms with Crippen molar-refractivity contribution in [3.05, 3.63) is 113 Å². The van der Waals surface area contributed by atoms with Crippen molar-refractivity contribution in [2.24, 2.45) is 0 Å². The molecule has 0 unspecified atom stereocenters. The molecule has 0 aliphatic carbocycles. The summed E-state index contributed by atoms with van der Waals surface area (Å²) in [7, 11) is 0. The number of rotatable bonds is 5. The molecule has 4 aromatic carbocycles. The number of hydrogen-bond acceptors (Lipinski definition) is 0. The van der Waals surface area contributed by atoms with E-state index in [4.69, 9.17) is 0 Å². The van der Waals surface area contributed by atoms with E-state index in [0.29, 0.717) is 23.3 Å². The lowest BCUT2D eigenvalue weighted by Crippen LogP contribution is -2.11. The lowest BCUT2D eigenvalue weighted by atomic mass is 9.96. The number of allylic oxidation sites excluding steroid dienone is 1. The van der Waals surface area contributed by atoms with Crippen molar-refractivity contribution in [1.82, 2.24) is 0 Å². The maximum absolute atomic E-state index is 15.0. The minimum absolute atomic E-state index is 0.0143. The van der Waals surface area contributed by atoms with Crippen LogP contribution in [0.5, 0.6) is 0 Å². The number of hydrogen-bond donors (Lipinski definition) is 0. The topological polar surface area (TPSA) is 0 Å². The second-order valence-electron chi connectivity index (χ2n) is 8.35. The number of benzene rings is 4. The van der Waals surface area contributed by atoms with Gasteiger partial charge in [0.25, 0.3) is 0 Å². The summed E-state index contributed by atoms with van der Waals surface area (Å²) in [5, 5.41) is 0. The Kier molecular flexibility index (Phi) is 7.40. The van der Waals surface area contributed by atoms with E-state index in [1.165, 1.54) is 49.4 Å². The highest BCUT2D eigenvalue weighted by Crippen LogP contribution is 2.37. The third-order valence-corrected chi connectivity index (χ3v) is 5.91. The lowest BCUT2D eigenvalue weighted by molar-refractivity contribution is -0.142. The molecule has 0 atom stereocenters. The zero-order valence-electron chi connectivity index (χ0n) is 19.5. The van der Waals surface area contributed by atoms with Gasteiger partial charge in [0.05, 0.1) is 0 Å². The van der Waals surface area contributed by atoms with Gasteiger partial charge in [-0.2, -0.15) is 13.2 Å². The summed E-state index contributed by atoms with van der Waals surface area (Å²) in [4.78, 5) is 0. The molecule has 0 fully saturated rings. The lowest BCUT2D eigenvalue weighted by Gasteiger charge is -2.13. The SMILES string of the molecule is CC/C(F)=C(\F)c1ccc(-c2ccc(-c3ccc(-c4cc(F)c(C(F)(F)F)c(F)c4)c(F)c3)c(F)c2)cc1. The summed E-state index contributed by atoms with van der Waals surface area (Å²) in [5.74, 6) is -7.42. The molecule has 0 bridgehead atoms. The van der Waals surface area contributed by atoms with Gasteiger partial charge in [0.15, 0.2) is 5.83 Å². The van der Waals surface area contributed by atoms with Crippen LogP contribution in [0, 0.1) is 23.3 Å². The van der Waals surface area contributed by atoms with Crippen molar-refractivity contribution in [2.75, 3.05) is 0 Å². The van der Waals surface area contributed by atoms with Crippen molar-refractivity contribution in [3.8, 4) is 33.4 Å². The smallest absolute Gasteiger partial charge is 0.209 e. The fraction of sp³-hybridized carbons (Fsp3) is 0.103. The predicted octanol–water partition coefficient (Wildman–Crippen LogP) is 10.3. The van der Waals surface area contributed by atoms with Crippen LogP contribution >= 0.6 is 0 Å². The van der Waals surface area contributed by atoms with Gasteiger partial charge in [0, 0.05) is 16.7 Å². The Morgan fingerprint density at radius 3 is 1.53 bits per heavy atom. The third kappa shape index (κ3) is 5.32. The highest BCUT2D eigenvalue weighted by molar-refractivity contribution is 5.75. The van der Waals surface area contributed by atoms with Crippen molar-refractivity contribution < 1.29 is 39.5 Å². The van der Waals surface area contributed by atoms with Crippen LogP contribution in [0.3, 0.4) is 0 Å². The Bertz CT molecular complexity index is 1510. The molecule has 4 rings (SSSR count). The zero-order valence-corrected chi connectivity index (χ0v) is 19.5. The fourth-order valence-electron chi connectivity index (χ4n) is 3.97. The molecule has 0 heterocycles. The molecule has 0 N–H and O–H groups in total. The maximum atomic E-state index is 15.0. The second kappa shape index (κ2) is 10.4. The quantitative estimate of drug-likeness (QED) is 0.223. The van der Waals surface area contributed by atoms with Gasteiger partial charge in [-0.15, -0.1) is 0 Å². The van der Waals surface area contributed by atoms with Crippen LogP contribution in [-0.2, 0) is 6.18 Å². The summed E-state index contributed by atoms with van der Waals surface area (Å²) < 4.78 is 124. The van der Waals surface area contributed by atoms with Gasteiger partial charge >= 0.3 is 6.18 Å². The van der Waals surface area contributed by atoms with E-state index in [-0.39, 0.29) is 28.7 Å². The average molecular weight is 536 g/mol. The molecule has 0 spiro atoms. The van der Waals surface area contributed by atoms with Crippen molar-refractivity contribution in [1.29, 1.82) is 0 Å². The van der Waals surface area contributed by atoms with E-state index in [2.05, 4.69) is 0 Å². The van der Waals surface area contributed by atoms with Gasteiger partial charge in [0.1, 0.15) is 34.7 Å². The van der Waals surface area contributed by atoms with E-state index >= 15 is 0 Å². The number of alkyl halides is 3. The van der Waals surface area contributed by atoms with Crippen LogP contribution in [0.1, 0.15) is 24.5 Å². The van der Waals surface area contributed by atoms with Gasteiger partial charge in [-0.25, -0.2) is 26.3 Å². The van der Waals surface area contributed by atoms with Gasteiger partial charge < -0.3 is 0 Å².